The molecule has 0 aliphatic carbocycles. The number of methoxy groups -OCH3 is 1. The van der Waals surface area contributed by atoms with E-state index in [0.29, 0.717) is 13.1 Å². The smallest absolute Gasteiger partial charge is 0.234 e. The molecule has 0 bridgehead atoms. The van der Waals surface area contributed by atoms with E-state index in [1.807, 2.05) is 24.3 Å². The van der Waals surface area contributed by atoms with E-state index in [1.165, 1.54) is 5.56 Å². The second-order valence-corrected chi connectivity index (χ2v) is 5.58. The minimum atomic E-state index is 0.0491. The third kappa shape index (κ3) is 6.99. The van der Waals surface area contributed by atoms with Gasteiger partial charge >= 0.3 is 0 Å². The van der Waals surface area contributed by atoms with Crippen molar-refractivity contribution >= 4 is 5.91 Å². The molecule has 6 heteroatoms. The van der Waals surface area contributed by atoms with E-state index in [9.17, 15) is 4.79 Å². The number of hydrogen-bond acceptors (Lipinski definition) is 5. The Morgan fingerprint density at radius 2 is 1.96 bits per heavy atom. The van der Waals surface area contributed by atoms with Gasteiger partial charge in [0.25, 0.3) is 0 Å². The highest BCUT2D eigenvalue weighted by Crippen LogP contribution is 2.11. The Hall–Kier alpha value is -1.63. The monoisotopic (exact) mass is 321 g/mol. The van der Waals surface area contributed by atoms with Crippen molar-refractivity contribution in [2.24, 2.45) is 0 Å². The van der Waals surface area contributed by atoms with Crippen molar-refractivity contribution in [3.63, 3.8) is 0 Å². The summed E-state index contributed by atoms with van der Waals surface area (Å²) in [6.07, 6.45) is 0.894. The number of rotatable bonds is 9. The molecular formula is C17H27N3O3. The van der Waals surface area contributed by atoms with E-state index in [0.717, 1.165) is 51.6 Å². The fourth-order valence-electron chi connectivity index (χ4n) is 2.47. The summed E-state index contributed by atoms with van der Waals surface area (Å²) in [5.41, 5.74) is 1.23. The van der Waals surface area contributed by atoms with E-state index in [-0.39, 0.29) is 5.91 Å². The zero-order valence-electron chi connectivity index (χ0n) is 13.8. The lowest BCUT2D eigenvalue weighted by Crippen LogP contribution is -2.43. The second kappa shape index (κ2) is 10.2. The maximum atomic E-state index is 11.7. The van der Waals surface area contributed by atoms with Crippen LogP contribution in [0, 0.1) is 0 Å². The summed E-state index contributed by atoms with van der Waals surface area (Å²) in [5, 5.41) is 6.12. The number of morpholine rings is 1. The second-order valence-electron chi connectivity index (χ2n) is 5.58. The Kier molecular flexibility index (Phi) is 7.86. The number of benzene rings is 1. The van der Waals surface area contributed by atoms with Crippen molar-refractivity contribution in [2.45, 2.75) is 6.42 Å². The van der Waals surface area contributed by atoms with Crippen molar-refractivity contribution < 1.29 is 14.3 Å². The fourth-order valence-corrected chi connectivity index (χ4v) is 2.47. The zero-order chi connectivity index (χ0) is 16.3. The molecule has 0 aromatic heterocycles. The highest BCUT2D eigenvalue weighted by molar-refractivity contribution is 5.77. The minimum absolute atomic E-state index is 0.0491. The molecule has 2 N–H and O–H groups in total. The van der Waals surface area contributed by atoms with Crippen LogP contribution in [0.2, 0.25) is 0 Å². The Morgan fingerprint density at radius 1 is 1.22 bits per heavy atom. The van der Waals surface area contributed by atoms with Crippen LogP contribution in [0.1, 0.15) is 5.56 Å². The number of amides is 1. The molecule has 1 saturated heterocycles. The molecular weight excluding hydrogens is 294 g/mol. The molecule has 1 aliphatic heterocycles. The van der Waals surface area contributed by atoms with Gasteiger partial charge in [-0.05, 0) is 30.7 Å². The minimum Gasteiger partial charge on any atom is -0.497 e. The van der Waals surface area contributed by atoms with Gasteiger partial charge in [0.15, 0.2) is 0 Å². The van der Waals surface area contributed by atoms with Crippen molar-refractivity contribution in [1.29, 1.82) is 0 Å². The van der Waals surface area contributed by atoms with Crippen LogP contribution in [0.15, 0.2) is 24.3 Å². The zero-order valence-corrected chi connectivity index (χ0v) is 13.8. The predicted octanol–water partition coefficient (Wildman–Crippen LogP) is 0.276. The molecule has 0 unspecified atom stereocenters. The Bertz CT molecular complexity index is 459. The topological polar surface area (TPSA) is 62.8 Å². The van der Waals surface area contributed by atoms with Crippen LogP contribution in [-0.4, -0.2) is 70.4 Å². The molecule has 0 atom stereocenters. The summed E-state index contributed by atoms with van der Waals surface area (Å²) >= 11 is 0. The average Bonchev–Trinajstić information content (AvgIpc) is 2.60. The molecule has 1 heterocycles. The first-order valence-corrected chi connectivity index (χ1v) is 8.18. The summed E-state index contributed by atoms with van der Waals surface area (Å²) in [5.74, 6) is 0.911. The first kappa shape index (κ1) is 17.7. The fraction of sp³-hybridized carbons (Fsp3) is 0.588. The summed E-state index contributed by atoms with van der Waals surface area (Å²) in [4.78, 5) is 14.1. The van der Waals surface area contributed by atoms with E-state index in [1.54, 1.807) is 7.11 Å². The quantitative estimate of drug-likeness (QED) is 0.640. The molecule has 1 amide bonds. The lowest BCUT2D eigenvalue weighted by atomic mass is 10.1. The highest BCUT2D eigenvalue weighted by Gasteiger charge is 2.09. The molecule has 1 aromatic carbocycles. The van der Waals surface area contributed by atoms with Crippen LogP contribution in [0.3, 0.4) is 0 Å². The summed E-state index contributed by atoms with van der Waals surface area (Å²) in [7, 11) is 1.66. The Balaban J connectivity index is 1.50. The van der Waals surface area contributed by atoms with Crippen LogP contribution < -0.4 is 15.4 Å². The van der Waals surface area contributed by atoms with Gasteiger partial charge in [-0.3, -0.25) is 9.69 Å². The van der Waals surface area contributed by atoms with Gasteiger partial charge in [0.05, 0.1) is 26.9 Å². The van der Waals surface area contributed by atoms with Crippen molar-refractivity contribution in [3.05, 3.63) is 29.8 Å². The van der Waals surface area contributed by atoms with Crippen LogP contribution in [-0.2, 0) is 16.0 Å². The van der Waals surface area contributed by atoms with Crippen LogP contribution in [0.5, 0.6) is 5.75 Å². The van der Waals surface area contributed by atoms with Gasteiger partial charge in [0, 0.05) is 26.2 Å². The number of hydrogen-bond donors (Lipinski definition) is 2. The molecule has 0 spiro atoms. The third-order valence-electron chi connectivity index (χ3n) is 3.89. The van der Waals surface area contributed by atoms with Gasteiger partial charge in [-0.1, -0.05) is 12.1 Å². The van der Waals surface area contributed by atoms with Crippen molar-refractivity contribution in [3.8, 4) is 5.75 Å². The SMILES string of the molecule is COc1ccc(CCNCC(=O)NCCN2CCOCC2)cc1. The predicted molar refractivity (Wildman–Crippen MR) is 89.8 cm³/mol. The molecule has 0 radical (unpaired) electrons. The van der Waals surface area contributed by atoms with Gasteiger partial charge in [-0.2, -0.15) is 0 Å². The van der Waals surface area contributed by atoms with Gasteiger partial charge in [-0.25, -0.2) is 0 Å². The van der Waals surface area contributed by atoms with Crippen molar-refractivity contribution in [1.82, 2.24) is 15.5 Å². The number of nitrogens with zero attached hydrogens (tertiary/aromatic N) is 1. The Morgan fingerprint density at radius 3 is 2.65 bits per heavy atom. The molecule has 1 fully saturated rings. The van der Waals surface area contributed by atoms with Crippen LogP contribution >= 0.6 is 0 Å². The highest BCUT2D eigenvalue weighted by atomic mass is 16.5. The van der Waals surface area contributed by atoms with Crippen molar-refractivity contribution in [2.75, 3.05) is 59.6 Å². The Labute approximate surface area is 138 Å². The largest absolute Gasteiger partial charge is 0.497 e. The number of nitrogens with one attached hydrogen (secondary N) is 2. The summed E-state index contributed by atoms with van der Waals surface area (Å²) in [6, 6.07) is 7.99. The van der Waals surface area contributed by atoms with Gasteiger partial charge < -0.3 is 20.1 Å². The molecule has 128 valence electrons. The van der Waals surface area contributed by atoms with E-state index in [4.69, 9.17) is 9.47 Å². The lowest BCUT2D eigenvalue weighted by molar-refractivity contribution is -0.120. The number of carbonyl (C=O) groups is 1. The standard InChI is InChI=1S/C17H27N3O3/c1-22-16-4-2-15(3-5-16)6-7-18-14-17(21)19-8-9-20-10-12-23-13-11-20/h2-5,18H,6-14H2,1H3,(H,19,21). The molecule has 2 rings (SSSR count). The molecule has 1 aliphatic rings. The van der Waals surface area contributed by atoms with Crippen LogP contribution in [0.25, 0.3) is 0 Å². The normalized spacial score (nSPS) is 15.3. The average molecular weight is 321 g/mol. The lowest BCUT2D eigenvalue weighted by Gasteiger charge is -2.26. The molecule has 23 heavy (non-hydrogen) atoms. The molecule has 0 saturated carbocycles. The summed E-state index contributed by atoms with van der Waals surface area (Å²) < 4.78 is 10.4. The number of ether oxygens (including phenoxy) is 2. The maximum absolute atomic E-state index is 11.7. The third-order valence-corrected chi connectivity index (χ3v) is 3.89. The van der Waals surface area contributed by atoms with E-state index < -0.39 is 0 Å². The van der Waals surface area contributed by atoms with E-state index >= 15 is 0 Å². The van der Waals surface area contributed by atoms with Crippen LogP contribution in [0.4, 0.5) is 0 Å². The first-order valence-electron chi connectivity index (χ1n) is 8.18. The van der Waals surface area contributed by atoms with Gasteiger partial charge in [0.2, 0.25) is 5.91 Å². The van der Waals surface area contributed by atoms with Gasteiger partial charge in [-0.15, -0.1) is 0 Å². The molecule has 1 aromatic rings. The van der Waals surface area contributed by atoms with E-state index in [2.05, 4.69) is 15.5 Å². The first-order chi connectivity index (χ1) is 11.3. The van der Waals surface area contributed by atoms with Gasteiger partial charge in [0.1, 0.15) is 5.75 Å². The molecule has 6 nitrogen and oxygen atoms in total. The number of carbonyl (C=O) groups excluding carboxylic acids is 1. The maximum Gasteiger partial charge on any atom is 0.234 e. The summed E-state index contributed by atoms with van der Waals surface area (Å²) in [6.45, 7) is 6.22.